The van der Waals surface area contributed by atoms with Gasteiger partial charge in [0.25, 0.3) is 0 Å². The van der Waals surface area contributed by atoms with Crippen LogP contribution in [-0.4, -0.2) is 32.8 Å². The summed E-state index contributed by atoms with van der Waals surface area (Å²) < 4.78 is 23.4. The molecule has 0 aliphatic rings. The summed E-state index contributed by atoms with van der Waals surface area (Å²) in [7, 11) is 1.61. The number of hydrogen-bond donors (Lipinski definition) is 2. The fraction of sp³-hybridized carbons (Fsp3) is 0.235. The Hall–Kier alpha value is -2.31. The van der Waals surface area contributed by atoms with Crippen LogP contribution in [-0.2, 0) is 9.53 Å². The average Bonchev–Trinajstić information content (AvgIpc) is 2.58. The Labute approximate surface area is 144 Å². The summed E-state index contributed by atoms with van der Waals surface area (Å²) in [5.41, 5.74) is 1.22. The molecule has 1 amide bonds. The summed E-state index contributed by atoms with van der Waals surface area (Å²) in [4.78, 5) is 11.9. The highest BCUT2D eigenvalue weighted by Crippen LogP contribution is 2.19. The maximum Gasteiger partial charge on any atom is 0.243 e. The van der Waals surface area contributed by atoms with Crippen molar-refractivity contribution >= 4 is 28.9 Å². The highest BCUT2D eigenvalue weighted by atomic mass is 35.5. The molecule has 2 rings (SSSR count). The standard InChI is InChI=1S/C17H18ClFN2O3/c1-23-8-9-24-14-5-2-12(3-6-14)21-17(22)11-20-13-4-7-16(19)15(18)10-13/h2-7,10,20H,8-9,11H2,1H3,(H,21,22). The second kappa shape index (κ2) is 9.10. The van der Waals surface area contributed by atoms with Crippen LogP contribution in [0.1, 0.15) is 0 Å². The van der Waals surface area contributed by atoms with Gasteiger partial charge in [-0.2, -0.15) is 0 Å². The molecule has 2 N–H and O–H groups in total. The zero-order chi connectivity index (χ0) is 17.4. The molecule has 0 atom stereocenters. The van der Waals surface area contributed by atoms with Crippen molar-refractivity contribution in [2.75, 3.05) is 37.5 Å². The molecule has 0 unspecified atom stereocenters. The average molecular weight is 353 g/mol. The van der Waals surface area contributed by atoms with Gasteiger partial charge in [0.2, 0.25) is 5.91 Å². The topological polar surface area (TPSA) is 59.6 Å². The number of nitrogens with one attached hydrogen (secondary N) is 2. The molecule has 0 aliphatic carbocycles. The number of halogens is 2. The lowest BCUT2D eigenvalue weighted by atomic mass is 10.3. The Kier molecular flexibility index (Phi) is 6.84. The van der Waals surface area contributed by atoms with Crippen LogP contribution >= 0.6 is 11.6 Å². The van der Waals surface area contributed by atoms with E-state index in [-0.39, 0.29) is 17.5 Å². The van der Waals surface area contributed by atoms with E-state index in [4.69, 9.17) is 21.1 Å². The molecule has 24 heavy (non-hydrogen) atoms. The predicted octanol–water partition coefficient (Wildman–Crippen LogP) is 3.55. The van der Waals surface area contributed by atoms with Crippen LogP contribution < -0.4 is 15.4 Å². The van der Waals surface area contributed by atoms with Crippen molar-refractivity contribution in [2.45, 2.75) is 0 Å². The molecule has 0 spiro atoms. The SMILES string of the molecule is COCCOc1ccc(NC(=O)CNc2ccc(F)c(Cl)c2)cc1. The summed E-state index contributed by atoms with van der Waals surface area (Å²) in [5, 5.41) is 5.62. The number of carbonyl (C=O) groups is 1. The zero-order valence-corrected chi connectivity index (χ0v) is 13.9. The van der Waals surface area contributed by atoms with Crippen molar-refractivity contribution in [1.29, 1.82) is 0 Å². The molecule has 0 saturated carbocycles. The molecule has 7 heteroatoms. The second-order valence-corrected chi connectivity index (χ2v) is 5.30. The monoisotopic (exact) mass is 352 g/mol. The third kappa shape index (κ3) is 5.72. The smallest absolute Gasteiger partial charge is 0.243 e. The normalized spacial score (nSPS) is 10.3. The first-order chi connectivity index (χ1) is 11.6. The van der Waals surface area contributed by atoms with Crippen LogP contribution in [0.15, 0.2) is 42.5 Å². The molecular formula is C17H18ClFN2O3. The van der Waals surface area contributed by atoms with Crippen molar-refractivity contribution in [3.05, 3.63) is 53.3 Å². The minimum Gasteiger partial charge on any atom is -0.491 e. The Morgan fingerprint density at radius 1 is 1.12 bits per heavy atom. The first-order valence-corrected chi connectivity index (χ1v) is 7.67. The van der Waals surface area contributed by atoms with Gasteiger partial charge in [0.15, 0.2) is 0 Å². The number of methoxy groups -OCH3 is 1. The Morgan fingerprint density at radius 3 is 2.50 bits per heavy atom. The van der Waals surface area contributed by atoms with Crippen LogP contribution in [0.4, 0.5) is 15.8 Å². The molecule has 0 saturated heterocycles. The fourth-order valence-electron chi connectivity index (χ4n) is 1.87. The predicted molar refractivity (Wildman–Crippen MR) is 92.3 cm³/mol. The summed E-state index contributed by atoms with van der Waals surface area (Å²) in [6.07, 6.45) is 0. The lowest BCUT2D eigenvalue weighted by molar-refractivity contribution is -0.114. The molecule has 0 aliphatic heterocycles. The number of hydrogen-bond acceptors (Lipinski definition) is 4. The molecule has 2 aromatic carbocycles. The van der Waals surface area contributed by atoms with Crippen molar-refractivity contribution in [3.63, 3.8) is 0 Å². The van der Waals surface area contributed by atoms with Gasteiger partial charge in [-0.3, -0.25) is 4.79 Å². The van der Waals surface area contributed by atoms with Crippen molar-refractivity contribution in [2.24, 2.45) is 0 Å². The molecule has 0 aromatic heterocycles. The molecule has 128 valence electrons. The number of rotatable bonds is 8. The van der Waals surface area contributed by atoms with Crippen molar-refractivity contribution < 1.29 is 18.7 Å². The maximum absolute atomic E-state index is 13.1. The van der Waals surface area contributed by atoms with Gasteiger partial charge in [-0.15, -0.1) is 0 Å². The van der Waals surface area contributed by atoms with Gasteiger partial charge in [-0.1, -0.05) is 11.6 Å². The van der Waals surface area contributed by atoms with Gasteiger partial charge in [-0.05, 0) is 42.5 Å². The quantitative estimate of drug-likeness (QED) is 0.713. The Balaban J connectivity index is 1.80. The van der Waals surface area contributed by atoms with Gasteiger partial charge in [-0.25, -0.2) is 4.39 Å². The Bertz CT molecular complexity index is 680. The van der Waals surface area contributed by atoms with Crippen LogP contribution in [0.3, 0.4) is 0 Å². The minimum absolute atomic E-state index is 0.00414. The molecule has 0 radical (unpaired) electrons. The number of benzene rings is 2. The summed E-state index contributed by atoms with van der Waals surface area (Å²) in [6.45, 7) is 1.01. The minimum atomic E-state index is -0.500. The van der Waals surface area contributed by atoms with Crippen LogP contribution in [0.5, 0.6) is 5.75 Å². The number of carbonyl (C=O) groups excluding carboxylic acids is 1. The number of ether oxygens (including phenoxy) is 2. The van der Waals surface area contributed by atoms with E-state index in [0.717, 1.165) is 0 Å². The van der Waals surface area contributed by atoms with Gasteiger partial charge >= 0.3 is 0 Å². The van der Waals surface area contributed by atoms with E-state index >= 15 is 0 Å². The highest BCUT2D eigenvalue weighted by Gasteiger charge is 2.05. The maximum atomic E-state index is 13.1. The molecule has 0 heterocycles. The molecule has 5 nitrogen and oxygen atoms in total. The number of anilines is 2. The van der Waals surface area contributed by atoms with Crippen LogP contribution in [0.2, 0.25) is 5.02 Å². The van der Waals surface area contributed by atoms with E-state index < -0.39 is 5.82 Å². The zero-order valence-electron chi connectivity index (χ0n) is 13.1. The van der Waals surface area contributed by atoms with Crippen molar-refractivity contribution in [3.8, 4) is 5.75 Å². The number of amides is 1. The molecule has 2 aromatic rings. The van der Waals surface area contributed by atoms with E-state index in [0.29, 0.717) is 30.3 Å². The largest absolute Gasteiger partial charge is 0.491 e. The van der Waals surface area contributed by atoms with E-state index in [9.17, 15) is 9.18 Å². The lowest BCUT2D eigenvalue weighted by Gasteiger charge is -2.09. The van der Waals surface area contributed by atoms with E-state index in [1.165, 1.54) is 18.2 Å². The van der Waals surface area contributed by atoms with E-state index in [1.54, 1.807) is 31.4 Å². The first kappa shape index (κ1) is 18.0. The second-order valence-electron chi connectivity index (χ2n) is 4.90. The fourth-order valence-corrected chi connectivity index (χ4v) is 2.05. The van der Waals surface area contributed by atoms with Crippen molar-refractivity contribution in [1.82, 2.24) is 0 Å². The third-order valence-electron chi connectivity index (χ3n) is 3.07. The molecule has 0 bridgehead atoms. The van der Waals surface area contributed by atoms with Gasteiger partial charge in [0, 0.05) is 18.5 Å². The molecular weight excluding hydrogens is 335 g/mol. The third-order valence-corrected chi connectivity index (χ3v) is 3.36. The summed E-state index contributed by atoms with van der Waals surface area (Å²) in [6, 6.07) is 11.2. The van der Waals surface area contributed by atoms with E-state index in [2.05, 4.69) is 10.6 Å². The lowest BCUT2D eigenvalue weighted by Crippen LogP contribution is -2.21. The van der Waals surface area contributed by atoms with Crippen LogP contribution in [0, 0.1) is 5.82 Å². The summed E-state index contributed by atoms with van der Waals surface area (Å²) in [5.74, 6) is -0.0351. The van der Waals surface area contributed by atoms with Gasteiger partial charge < -0.3 is 20.1 Å². The Morgan fingerprint density at radius 2 is 1.83 bits per heavy atom. The van der Waals surface area contributed by atoms with Gasteiger partial charge in [0.05, 0.1) is 18.2 Å². The van der Waals surface area contributed by atoms with Crippen LogP contribution in [0.25, 0.3) is 0 Å². The first-order valence-electron chi connectivity index (χ1n) is 7.29. The van der Waals surface area contributed by atoms with Gasteiger partial charge in [0.1, 0.15) is 18.2 Å². The van der Waals surface area contributed by atoms with E-state index in [1.807, 2.05) is 0 Å². The highest BCUT2D eigenvalue weighted by molar-refractivity contribution is 6.31. The molecule has 0 fully saturated rings. The summed E-state index contributed by atoms with van der Waals surface area (Å²) >= 11 is 5.68.